The van der Waals surface area contributed by atoms with Gasteiger partial charge in [-0.2, -0.15) is 0 Å². The van der Waals surface area contributed by atoms with Crippen LogP contribution in [0.25, 0.3) is 0 Å². The Labute approximate surface area is 121 Å². The minimum atomic E-state index is 0.123. The number of nitrogens with two attached hydrogens (primary N) is 1. The van der Waals surface area contributed by atoms with Crippen LogP contribution in [0.3, 0.4) is 0 Å². The molecule has 0 saturated heterocycles. The molecule has 1 aromatic rings. The van der Waals surface area contributed by atoms with Crippen LogP contribution in [-0.2, 0) is 17.8 Å². The van der Waals surface area contributed by atoms with E-state index in [1.165, 1.54) is 12.8 Å². The van der Waals surface area contributed by atoms with Gasteiger partial charge in [-0.15, -0.1) is 0 Å². The Morgan fingerprint density at radius 2 is 1.95 bits per heavy atom. The third-order valence-electron chi connectivity index (χ3n) is 4.47. The summed E-state index contributed by atoms with van der Waals surface area (Å²) in [5, 5.41) is 3.21. The van der Waals surface area contributed by atoms with Crippen molar-refractivity contribution in [3.8, 4) is 0 Å². The average Bonchev–Trinajstić information content (AvgIpc) is 2.42. The van der Waals surface area contributed by atoms with Crippen LogP contribution in [0.5, 0.6) is 0 Å². The number of hydrogen-bond donors (Lipinski definition) is 2. The monoisotopic (exact) mass is 274 g/mol. The molecule has 20 heavy (non-hydrogen) atoms. The Morgan fingerprint density at radius 3 is 2.60 bits per heavy atom. The van der Waals surface area contributed by atoms with Crippen LogP contribution in [0.2, 0.25) is 0 Å². The fraction of sp³-hybridized carbons (Fsp3) is 0.588. The molecular formula is C17H26N2O. The number of carbonyl (C=O) groups is 1. The molecule has 0 bridgehead atoms. The van der Waals surface area contributed by atoms with Gasteiger partial charge in [0.25, 0.3) is 0 Å². The van der Waals surface area contributed by atoms with Gasteiger partial charge in [-0.1, -0.05) is 38.1 Å². The Balaban J connectivity index is 1.92. The first-order valence-corrected chi connectivity index (χ1v) is 7.66. The lowest BCUT2D eigenvalue weighted by Crippen LogP contribution is -2.43. The molecule has 1 aliphatic rings. The fourth-order valence-electron chi connectivity index (χ4n) is 3.24. The molecular weight excluding hydrogens is 248 g/mol. The van der Waals surface area contributed by atoms with Gasteiger partial charge < -0.3 is 11.1 Å². The first-order valence-electron chi connectivity index (χ1n) is 7.66. The molecule has 3 heteroatoms. The quantitative estimate of drug-likeness (QED) is 0.887. The number of rotatable bonds is 4. The van der Waals surface area contributed by atoms with Gasteiger partial charge in [0.1, 0.15) is 0 Å². The molecule has 3 unspecified atom stereocenters. The Bertz CT molecular complexity index is 458. The molecule has 3 atom stereocenters. The van der Waals surface area contributed by atoms with Crippen LogP contribution >= 0.6 is 0 Å². The van der Waals surface area contributed by atoms with Gasteiger partial charge in [0.05, 0.1) is 6.42 Å². The maximum absolute atomic E-state index is 12.2. The SMILES string of the molecule is CC1CCC(NC(=O)Cc2ccccc2CN)C(C)C1. The zero-order valence-electron chi connectivity index (χ0n) is 12.6. The van der Waals surface area contributed by atoms with E-state index in [9.17, 15) is 4.79 Å². The number of benzene rings is 1. The lowest BCUT2D eigenvalue weighted by molar-refractivity contribution is -0.121. The Hall–Kier alpha value is -1.35. The number of amides is 1. The zero-order valence-corrected chi connectivity index (χ0v) is 12.6. The number of hydrogen-bond acceptors (Lipinski definition) is 2. The standard InChI is InChI=1S/C17H26N2O/c1-12-7-8-16(13(2)9-12)19-17(20)10-14-5-3-4-6-15(14)11-18/h3-6,12-13,16H,7-11,18H2,1-2H3,(H,19,20). The topological polar surface area (TPSA) is 55.1 Å². The van der Waals surface area contributed by atoms with E-state index in [1.54, 1.807) is 0 Å². The molecule has 0 aliphatic heterocycles. The molecule has 3 nitrogen and oxygen atoms in total. The molecule has 110 valence electrons. The van der Waals surface area contributed by atoms with Crippen molar-refractivity contribution >= 4 is 5.91 Å². The first-order chi connectivity index (χ1) is 9.60. The van der Waals surface area contributed by atoms with Crippen LogP contribution in [0.1, 0.15) is 44.2 Å². The van der Waals surface area contributed by atoms with Crippen LogP contribution in [-0.4, -0.2) is 11.9 Å². The summed E-state index contributed by atoms with van der Waals surface area (Å²) in [6.45, 7) is 5.03. The summed E-state index contributed by atoms with van der Waals surface area (Å²) >= 11 is 0. The lowest BCUT2D eigenvalue weighted by Gasteiger charge is -2.33. The summed E-state index contributed by atoms with van der Waals surface area (Å²) in [5.41, 5.74) is 7.82. The highest BCUT2D eigenvalue weighted by molar-refractivity contribution is 5.79. The predicted molar refractivity (Wildman–Crippen MR) is 82.1 cm³/mol. The molecule has 1 amide bonds. The van der Waals surface area contributed by atoms with Gasteiger partial charge in [0.15, 0.2) is 0 Å². The molecule has 1 aromatic carbocycles. The van der Waals surface area contributed by atoms with Crippen molar-refractivity contribution in [2.75, 3.05) is 0 Å². The van der Waals surface area contributed by atoms with Crippen molar-refractivity contribution in [3.05, 3.63) is 35.4 Å². The summed E-state index contributed by atoms with van der Waals surface area (Å²) in [7, 11) is 0. The van der Waals surface area contributed by atoms with Crippen molar-refractivity contribution in [2.45, 2.75) is 52.1 Å². The Morgan fingerprint density at radius 1 is 1.25 bits per heavy atom. The van der Waals surface area contributed by atoms with Crippen LogP contribution in [0.4, 0.5) is 0 Å². The number of carbonyl (C=O) groups excluding carboxylic acids is 1. The maximum atomic E-state index is 12.2. The molecule has 0 spiro atoms. The summed E-state index contributed by atoms with van der Waals surface area (Å²) in [6.07, 6.45) is 3.97. The van der Waals surface area contributed by atoms with E-state index in [0.717, 1.165) is 23.5 Å². The third-order valence-corrected chi connectivity index (χ3v) is 4.47. The Kier molecular flexibility index (Phi) is 5.18. The maximum Gasteiger partial charge on any atom is 0.224 e. The van der Waals surface area contributed by atoms with Gasteiger partial charge in [0.2, 0.25) is 5.91 Å². The molecule has 1 saturated carbocycles. The molecule has 3 N–H and O–H groups in total. The first kappa shape index (κ1) is 15.0. The third kappa shape index (κ3) is 3.83. The van der Waals surface area contributed by atoms with E-state index >= 15 is 0 Å². The normalized spacial score (nSPS) is 26.2. The van der Waals surface area contributed by atoms with Gasteiger partial charge in [-0.25, -0.2) is 0 Å². The van der Waals surface area contributed by atoms with E-state index in [4.69, 9.17) is 5.73 Å². The van der Waals surface area contributed by atoms with Crippen molar-refractivity contribution in [2.24, 2.45) is 17.6 Å². The highest BCUT2D eigenvalue weighted by Crippen LogP contribution is 2.28. The summed E-state index contributed by atoms with van der Waals surface area (Å²) in [6, 6.07) is 8.26. The van der Waals surface area contributed by atoms with Crippen molar-refractivity contribution in [1.29, 1.82) is 0 Å². The van der Waals surface area contributed by atoms with Crippen LogP contribution in [0, 0.1) is 11.8 Å². The largest absolute Gasteiger partial charge is 0.353 e. The van der Waals surface area contributed by atoms with Crippen molar-refractivity contribution in [1.82, 2.24) is 5.32 Å². The average molecular weight is 274 g/mol. The van der Waals surface area contributed by atoms with Crippen molar-refractivity contribution < 1.29 is 4.79 Å². The van der Waals surface area contributed by atoms with E-state index < -0.39 is 0 Å². The highest BCUT2D eigenvalue weighted by atomic mass is 16.1. The van der Waals surface area contributed by atoms with E-state index in [2.05, 4.69) is 19.2 Å². The van der Waals surface area contributed by atoms with E-state index in [0.29, 0.717) is 24.9 Å². The summed E-state index contributed by atoms with van der Waals surface area (Å²) in [5.74, 6) is 1.49. The molecule has 0 aromatic heterocycles. The number of nitrogens with one attached hydrogen (secondary N) is 1. The molecule has 0 radical (unpaired) electrons. The van der Waals surface area contributed by atoms with Gasteiger partial charge in [-0.3, -0.25) is 4.79 Å². The lowest BCUT2D eigenvalue weighted by atomic mass is 9.80. The second-order valence-electron chi connectivity index (χ2n) is 6.22. The minimum Gasteiger partial charge on any atom is -0.353 e. The van der Waals surface area contributed by atoms with Crippen molar-refractivity contribution in [3.63, 3.8) is 0 Å². The molecule has 2 rings (SSSR count). The predicted octanol–water partition coefficient (Wildman–Crippen LogP) is 2.63. The van der Waals surface area contributed by atoms with Gasteiger partial charge >= 0.3 is 0 Å². The highest BCUT2D eigenvalue weighted by Gasteiger charge is 2.26. The van der Waals surface area contributed by atoms with E-state index in [-0.39, 0.29) is 5.91 Å². The minimum absolute atomic E-state index is 0.123. The molecule has 1 aliphatic carbocycles. The second kappa shape index (κ2) is 6.89. The van der Waals surface area contributed by atoms with Crippen LogP contribution < -0.4 is 11.1 Å². The second-order valence-corrected chi connectivity index (χ2v) is 6.22. The zero-order chi connectivity index (χ0) is 14.5. The smallest absolute Gasteiger partial charge is 0.224 e. The molecule has 0 heterocycles. The molecule has 1 fully saturated rings. The van der Waals surface area contributed by atoms with Gasteiger partial charge in [0, 0.05) is 12.6 Å². The summed E-state index contributed by atoms with van der Waals surface area (Å²) in [4.78, 5) is 12.2. The van der Waals surface area contributed by atoms with Crippen LogP contribution in [0.15, 0.2) is 24.3 Å². The fourth-order valence-corrected chi connectivity index (χ4v) is 3.24. The van der Waals surface area contributed by atoms with Gasteiger partial charge in [-0.05, 0) is 42.2 Å². The van der Waals surface area contributed by atoms with E-state index in [1.807, 2.05) is 24.3 Å². The summed E-state index contributed by atoms with van der Waals surface area (Å²) < 4.78 is 0.